The first kappa shape index (κ1) is 94.3. The maximum atomic E-state index is 11.8. The van der Waals surface area contributed by atoms with Gasteiger partial charge in [0.1, 0.15) is 34.9 Å². The lowest BCUT2D eigenvalue weighted by molar-refractivity contribution is 0.0343. The standard InChI is InChI=1S/C19H21N5O2.C19H21N5.C17H19N5.2C16H24N6O.C11H13Br2N5/c1-26-19(25)13-5-2-4-12(8-13)15-11-22-24-17(20)9-16(23-18(15)24)14-6-3-7-21-10-14;20-18-11-17(15-7-4-10-21-12-15)23-19-16(13-22-24(18)19)9-8-14-5-2-1-3-6-14;18-16-9-15(13-7-4-8-19-10-13)21-17-14(11-20-22(16)17)12-5-2-1-3-6-12;2*17-15-8-14(12-2-1-3-18-9-12)20-16-13(10-19-22(15)16)11-21-4-6-23-7-5-21;12-7-5-16-18-10(14)8(13)9(17-11(7)18)6-2-1-3-15-4-6/h2,4-5,8-9,11,14,21H,3,6-7,10,20H2,1H3;1-3,5-6,8-9,11,13,15,21H,4,7,10,12,20H2;1-3,5-6,9,11,13,19H,4,7-8,10,18H2;2*8,10,12,18H,1-7,9,11,17H2;5-6,15H,1-4,14H2/b;9-8+;;;;. The maximum absolute atomic E-state index is 11.8. The highest BCUT2D eigenvalue weighted by atomic mass is 79.9. The van der Waals surface area contributed by atoms with Crippen LogP contribution in [0.25, 0.3) is 68.3 Å². The van der Waals surface area contributed by atoms with Crippen molar-refractivity contribution in [2.45, 2.75) is 126 Å². The lowest BCUT2D eigenvalue weighted by Crippen LogP contribution is -2.35. The van der Waals surface area contributed by atoms with E-state index < -0.39 is 0 Å². The molecule has 15 aromatic rings. The van der Waals surface area contributed by atoms with Gasteiger partial charge in [-0.1, -0.05) is 78.9 Å². The number of aromatic nitrogens is 18. The number of fused-ring (bicyclic) bond motifs is 6. The van der Waals surface area contributed by atoms with Gasteiger partial charge in [0.05, 0.1) is 119 Å². The first-order valence-electron chi connectivity index (χ1n) is 47.6. The normalized spacial score (nSPS) is 20.2. The molecular weight excluding hydrogens is 1850 g/mol. The summed E-state index contributed by atoms with van der Waals surface area (Å²) in [6.07, 6.45) is 29.0. The fourth-order valence-corrected chi connectivity index (χ4v) is 20.0. The van der Waals surface area contributed by atoms with Crippen molar-refractivity contribution in [1.29, 1.82) is 0 Å². The largest absolute Gasteiger partial charge is 0.465 e. The molecule has 36 nitrogen and oxygen atoms in total. The van der Waals surface area contributed by atoms with Crippen LogP contribution in [0.15, 0.2) is 161 Å². The van der Waals surface area contributed by atoms with Crippen LogP contribution < -0.4 is 66.3 Å². The van der Waals surface area contributed by atoms with E-state index in [0.29, 0.717) is 81.6 Å². The van der Waals surface area contributed by atoms with E-state index in [2.05, 4.69) is 134 Å². The second kappa shape index (κ2) is 44.8. The number of nitrogens with two attached hydrogens (primary N) is 6. The van der Waals surface area contributed by atoms with Crippen LogP contribution in [-0.4, -0.2) is 242 Å². The van der Waals surface area contributed by atoms with Crippen molar-refractivity contribution in [1.82, 2.24) is 129 Å². The molecule has 12 aromatic heterocycles. The average Bonchev–Trinajstić information content (AvgIpc) is 1.61. The number of anilines is 6. The quantitative estimate of drug-likeness (QED) is 0.0424. The van der Waals surface area contributed by atoms with E-state index in [0.717, 1.165) is 292 Å². The van der Waals surface area contributed by atoms with Gasteiger partial charge < -0.3 is 80.5 Å². The summed E-state index contributed by atoms with van der Waals surface area (Å²) in [5.41, 5.74) is 57.1. The fraction of sp³-hybridized carbons (Fsp3) is 0.418. The first-order valence-corrected chi connectivity index (χ1v) is 49.2. The molecule has 0 saturated carbocycles. The minimum absolute atomic E-state index is 0.347. The van der Waals surface area contributed by atoms with Crippen molar-refractivity contribution in [2.24, 2.45) is 0 Å². The van der Waals surface area contributed by atoms with Crippen molar-refractivity contribution in [3.05, 3.63) is 223 Å². The summed E-state index contributed by atoms with van der Waals surface area (Å²) in [7, 11) is 1.37. The third-order valence-corrected chi connectivity index (χ3v) is 27.9. The number of methoxy groups -OCH3 is 1. The molecule has 6 atom stereocenters. The average molecular weight is 1970 g/mol. The Morgan fingerprint density at radius 1 is 0.397 bits per heavy atom. The molecule has 3 aromatic carbocycles. The number of hydrogen-bond acceptors (Lipinski definition) is 30. The lowest BCUT2D eigenvalue weighted by atomic mass is 9.96. The van der Waals surface area contributed by atoms with E-state index in [-0.39, 0.29) is 5.97 Å². The number of piperidine rings is 6. The second-order valence-electron chi connectivity index (χ2n) is 35.9. The highest BCUT2D eigenvalue weighted by Crippen LogP contribution is 2.37. The van der Waals surface area contributed by atoms with E-state index in [1.54, 1.807) is 51.6 Å². The molecule has 38 heteroatoms. The van der Waals surface area contributed by atoms with E-state index in [1.165, 1.54) is 52.1 Å². The zero-order valence-corrected chi connectivity index (χ0v) is 80.1. The van der Waals surface area contributed by atoms with Gasteiger partial charge in [0.25, 0.3) is 0 Å². The van der Waals surface area contributed by atoms with Crippen LogP contribution in [0.1, 0.15) is 179 Å². The Morgan fingerprint density at radius 2 is 0.765 bits per heavy atom. The summed E-state index contributed by atoms with van der Waals surface area (Å²) in [5.74, 6) is 5.92. The van der Waals surface area contributed by atoms with Crippen LogP contribution >= 0.6 is 31.9 Å². The number of esters is 1. The van der Waals surface area contributed by atoms with Gasteiger partial charge in [0.2, 0.25) is 0 Å². The zero-order valence-electron chi connectivity index (χ0n) is 76.9. The van der Waals surface area contributed by atoms with Gasteiger partial charge in [-0.2, -0.15) is 57.7 Å². The number of carbonyl (C=O) groups excluding carboxylic acids is 1. The van der Waals surface area contributed by atoms with Gasteiger partial charge in [-0.15, -0.1) is 0 Å². The number of hydrogen-bond donors (Lipinski definition) is 12. The molecule has 0 radical (unpaired) electrons. The first-order chi connectivity index (χ1) is 66.6. The van der Waals surface area contributed by atoms with Crippen LogP contribution in [0.4, 0.5) is 34.9 Å². The van der Waals surface area contributed by atoms with Crippen molar-refractivity contribution in [3.63, 3.8) is 0 Å². The Morgan fingerprint density at radius 3 is 1.19 bits per heavy atom. The number of morpholine rings is 2. The molecule has 23 rings (SSSR count). The van der Waals surface area contributed by atoms with Gasteiger partial charge in [-0.05, 0) is 183 Å². The number of carbonyl (C=O) groups is 1. The summed E-state index contributed by atoms with van der Waals surface area (Å²) >= 11 is 7.01. The van der Waals surface area contributed by atoms with E-state index in [4.69, 9.17) is 78.5 Å². The fourth-order valence-electron chi connectivity index (χ4n) is 19.1. The SMILES string of the molecule is COC(=O)c1cccc(-c2cnn3c(N)cc(C4CCCNC4)nc23)c1.Nc1c(Br)c(C2CCCNC2)nc2c(Br)cnn12.Nc1cc(C2CCCNC2)nc2c(-c3ccccc3)cnn12.Nc1cc(C2CCCNC2)nc2c(/C=C/c3ccccc3)cnn12.Nc1cc(C2CCCNC2)nc2c(CN3CCOCC3)cnn12.Nc1cc(C2CCCNC2)nc2c(CN3CCOCC3)cnn12. The van der Waals surface area contributed by atoms with E-state index in [9.17, 15) is 4.79 Å². The van der Waals surface area contributed by atoms with Crippen LogP contribution in [0.3, 0.4) is 0 Å². The predicted molar refractivity (Wildman–Crippen MR) is 539 cm³/mol. The number of nitrogen functional groups attached to an aromatic ring is 6. The monoisotopic (exact) mass is 1970 g/mol. The van der Waals surface area contributed by atoms with Gasteiger partial charge in [0, 0.05) is 172 Å². The summed E-state index contributed by atoms with van der Waals surface area (Å²) in [6, 6.07) is 37.5. The third-order valence-electron chi connectivity index (χ3n) is 26.6. The highest BCUT2D eigenvalue weighted by Gasteiger charge is 2.29. The third kappa shape index (κ3) is 22.3. The van der Waals surface area contributed by atoms with Crippen LogP contribution in [0.5, 0.6) is 0 Å². The van der Waals surface area contributed by atoms with Gasteiger partial charge >= 0.3 is 5.97 Å². The van der Waals surface area contributed by atoms with Crippen LogP contribution in [-0.2, 0) is 27.3 Å². The summed E-state index contributed by atoms with van der Waals surface area (Å²) < 4.78 is 27.6. The van der Waals surface area contributed by atoms with Gasteiger partial charge in [-0.25, -0.2) is 34.7 Å². The van der Waals surface area contributed by atoms with Crippen molar-refractivity contribution in [3.8, 4) is 22.3 Å². The van der Waals surface area contributed by atoms with Crippen LogP contribution in [0.2, 0.25) is 0 Å². The Hall–Kier alpha value is -12.0. The van der Waals surface area contributed by atoms with Crippen molar-refractivity contribution >= 4 is 119 Å². The number of rotatable bonds is 15. The molecular formula is C98H122Br2N32O4. The minimum Gasteiger partial charge on any atom is -0.465 e. The Labute approximate surface area is 805 Å². The van der Waals surface area contributed by atoms with Crippen molar-refractivity contribution in [2.75, 3.05) is 173 Å². The predicted octanol–water partition coefficient (Wildman–Crippen LogP) is 11.2. The number of nitrogens with zero attached hydrogens (tertiary/aromatic N) is 20. The Bertz CT molecular complexity index is 6450. The Balaban J connectivity index is 0.000000109. The molecule has 8 aliphatic heterocycles. The lowest BCUT2D eigenvalue weighted by Gasteiger charge is -2.26. The van der Waals surface area contributed by atoms with E-state index >= 15 is 0 Å². The van der Waals surface area contributed by atoms with Gasteiger partial charge in [0.15, 0.2) is 33.9 Å². The molecule has 0 aliphatic carbocycles. The maximum Gasteiger partial charge on any atom is 0.337 e. The van der Waals surface area contributed by atoms with Crippen molar-refractivity contribution < 1.29 is 19.0 Å². The number of nitrogens with one attached hydrogen (secondary N) is 6. The number of ether oxygens (including phenoxy) is 3. The second-order valence-corrected chi connectivity index (χ2v) is 37.6. The molecule has 8 aliphatic rings. The summed E-state index contributed by atoms with van der Waals surface area (Å²) in [4.78, 5) is 45.7. The molecule has 136 heavy (non-hydrogen) atoms. The minimum atomic E-state index is -0.371. The molecule has 0 amide bonds. The number of halogens is 2. The molecule has 712 valence electrons. The molecule has 6 unspecified atom stereocenters. The molecule has 18 N–H and O–H groups in total. The summed E-state index contributed by atoms with van der Waals surface area (Å²) in [6.45, 7) is 21.0. The topological polar surface area (TPSA) is 461 Å². The van der Waals surface area contributed by atoms with E-state index in [1.807, 2.05) is 110 Å². The molecule has 20 heterocycles. The summed E-state index contributed by atoms with van der Waals surface area (Å²) in [5, 5.41) is 46.8. The van der Waals surface area contributed by atoms with Crippen LogP contribution in [0, 0.1) is 0 Å². The smallest absolute Gasteiger partial charge is 0.337 e. The molecule has 8 fully saturated rings. The molecule has 0 bridgehead atoms. The molecule has 8 saturated heterocycles. The van der Waals surface area contributed by atoms with Gasteiger partial charge in [-0.3, -0.25) is 9.80 Å². The number of benzene rings is 3. The highest BCUT2D eigenvalue weighted by molar-refractivity contribution is 9.11. The zero-order chi connectivity index (χ0) is 93.4. The Kier molecular flexibility index (Phi) is 31.1. The molecule has 0 spiro atoms.